The molecule has 1 unspecified atom stereocenters. The van der Waals surface area contributed by atoms with Gasteiger partial charge < -0.3 is 19.4 Å². The van der Waals surface area contributed by atoms with Crippen LogP contribution in [0.15, 0.2) is 36.4 Å². The minimum absolute atomic E-state index is 0.133. The molecule has 0 aliphatic carbocycles. The van der Waals surface area contributed by atoms with Crippen molar-refractivity contribution in [2.75, 3.05) is 13.1 Å². The Bertz CT molecular complexity index is 1520. The molecule has 0 bridgehead atoms. The lowest BCUT2D eigenvalue weighted by atomic mass is 10.0. The number of aromatic amines is 2. The van der Waals surface area contributed by atoms with E-state index in [1.54, 1.807) is 9.80 Å². The molecule has 10 nitrogen and oxygen atoms in total. The number of carbonyl (C=O) groups excluding carboxylic acids is 2. The van der Waals surface area contributed by atoms with Gasteiger partial charge in [-0.25, -0.2) is 19.6 Å². The van der Waals surface area contributed by atoms with Crippen LogP contribution in [0.4, 0.5) is 9.59 Å². The summed E-state index contributed by atoms with van der Waals surface area (Å²) in [6.07, 6.45) is 2.91. The van der Waals surface area contributed by atoms with Crippen molar-refractivity contribution >= 4 is 34.3 Å². The Morgan fingerprint density at radius 1 is 0.714 bits per heavy atom. The molecule has 2 aromatic carbocycles. The van der Waals surface area contributed by atoms with Gasteiger partial charge in [0, 0.05) is 13.1 Å². The number of nitrogens with zero attached hydrogens (tertiary/aromatic N) is 4. The number of benzene rings is 2. The number of carbonyl (C=O) groups is 2. The molecule has 2 fully saturated rings. The molecule has 2 amide bonds. The first kappa shape index (κ1) is 28.1. The molecule has 2 aliphatic heterocycles. The average Bonchev–Trinajstić information content (AvgIpc) is 3.69. The lowest BCUT2D eigenvalue weighted by Crippen LogP contribution is -2.36. The van der Waals surface area contributed by atoms with Gasteiger partial charge in [-0.05, 0) is 103 Å². The molecule has 222 valence electrons. The smallest absolute Gasteiger partial charge is 0.410 e. The summed E-state index contributed by atoms with van der Waals surface area (Å²) in [6.45, 7) is 12.6. The van der Waals surface area contributed by atoms with Gasteiger partial charge in [-0.15, -0.1) is 0 Å². The van der Waals surface area contributed by atoms with Crippen LogP contribution in [0.25, 0.3) is 33.2 Å². The van der Waals surface area contributed by atoms with Crippen LogP contribution in [0, 0.1) is 0 Å². The quantitative estimate of drug-likeness (QED) is 0.267. The summed E-state index contributed by atoms with van der Waals surface area (Å²) in [5.41, 5.74) is 4.56. The molecular formula is C32H40N6O4. The first-order valence-electron chi connectivity index (χ1n) is 14.8. The number of nitrogens with one attached hydrogen (secondary N) is 2. The SMILES string of the molecule is CC(C)(C)OC(=O)N1CCCC1c1nc2ccc(-c3ccc4nc([C@@H]5CCCN5C(=O)OC(C)(C)C)[nH]c4c3)cc2[nH]1. The third-order valence-electron chi connectivity index (χ3n) is 7.73. The van der Waals surface area contributed by atoms with Gasteiger partial charge >= 0.3 is 12.2 Å². The Morgan fingerprint density at radius 2 is 1.12 bits per heavy atom. The number of imidazole rings is 2. The van der Waals surface area contributed by atoms with Crippen LogP contribution in [0.3, 0.4) is 0 Å². The van der Waals surface area contributed by atoms with Gasteiger partial charge in [0.2, 0.25) is 0 Å². The molecule has 4 heterocycles. The number of H-pyrrole nitrogens is 2. The van der Waals surface area contributed by atoms with Crippen molar-refractivity contribution in [2.45, 2.75) is 90.5 Å². The summed E-state index contributed by atoms with van der Waals surface area (Å²) in [4.78, 5) is 45.8. The standard InChI is InChI=1S/C32H40N6O4/c1-31(2,3)41-29(39)37-15-7-9-25(37)27-33-21-13-11-19(17-23(21)35-27)20-12-14-22-24(18-20)36-28(34-22)26-10-8-16-38(26)30(40)42-32(4,5)6/h11-14,17-18,25-26H,7-10,15-16H2,1-6H3,(H,33,35)(H,34,36)/t25-,26?/m0/s1. The van der Waals surface area contributed by atoms with Crippen molar-refractivity contribution in [1.82, 2.24) is 29.7 Å². The number of ether oxygens (including phenoxy) is 2. The normalized spacial score (nSPS) is 19.7. The maximum atomic E-state index is 12.8. The van der Waals surface area contributed by atoms with Crippen molar-refractivity contribution in [3.05, 3.63) is 48.0 Å². The van der Waals surface area contributed by atoms with Gasteiger partial charge in [-0.2, -0.15) is 0 Å². The maximum absolute atomic E-state index is 12.8. The third kappa shape index (κ3) is 5.67. The van der Waals surface area contributed by atoms with Crippen molar-refractivity contribution in [3.8, 4) is 11.1 Å². The van der Waals surface area contributed by atoms with Crippen LogP contribution in [0.5, 0.6) is 0 Å². The molecule has 10 heteroatoms. The number of rotatable bonds is 3. The summed E-state index contributed by atoms with van der Waals surface area (Å²) in [6, 6.07) is 12.1. The van der Waals surface area contributed by atoms with Crippen LogP contribution in [-0.4, -0.2) is 66.2 Å². The van der Waals surface area contributed by atoms with E-state index in [1.807, 2.05) is 53.7 Å². The molecule has 4 aromatic rings. The second-order valence-electron chi connectivity index (χ2n) is 13.4. The Morgan fingerprint density at radius 3 is 1.50 bits per heavy atom. The zero-order valence-electron chi connectivity index (χ0n) is 25.3. The van der Waals surface area contributed by atoms with E-state index in [2.05, 4.69) is 34.2 Å². The number of hydrogen-bond donors (Lipinski definition) is 2. The van der Waals surface area contributed by atoms with Gasteiger partial charge in [0.1, 0.15) is 22.9 Å². The van der Waals surface area contributed by atoms with Crippen LogP contribution >= 0.6 is 0 Å². The van der Waals surface area contributed by atoms with E-state index >= 15 is 0 Å². The van der Waals surface area contributed by atoms with Gasteiger partial charge in [-0.3, -0.25) is 9.80 Å². The van der Waals surface area contributed by atoms with E-state index in [0.717, 1.165) is 70.5 Å². The molecule has 0 spiro atoms. The van der Waals surface area contributed by atoms with Crippen molar-refractivity contribution in [1.29, 1.82) is 0 Å². The minimum atomic E-state index is -0.544. The molecule has 0 radical (unpaired) electrons. The highest BCUT2D eigenvalue weighted by molar-refractivity contribution is 5.86. The largest absolute Gasteiger partial charge is 0.444 e. The highest BCUT2D eigenvalue weighted by Crippen LogP contribution is 2.35. The molecule has 2 aliphatic rings. The topological polar surface area (TPSA) is 116 Å². The van der Waals surface area contributed by atoms with Gasteiger partial charge in [0.25, 0.3) is 0 Å². The lowest BCUT2D eigenvalue weighted by Gasteiger charge is -2.27. The lowest BCUT2D eigenvalue weighted by molar-refractivity contribution is 0.0208. The molecule has 0 saturated carbocycles. The van der Waals surface area contributed by atoms with E-state index < -0.39 is 11.2 Å². The summed E-state index contributed by atoms with van der Waals surface area (Å²) in [7, 11) is 0. The number of likely N-dealkylation sites (tertiary alicyclic amines) is 2. The molecular weight excluding hydrogens is 532 g/mol. The summed E-state index contributed by atoms with van der Waals surface area (Å²) in [5, 5.41) is 0. The third-order valence-corrected chi connectivity index (χ3v) is 7.73. The molecule has 42 heavy (non-hydrogen) atoms. The maximum Gasteiger partial charge on any atom is 0.410 e. The highest BCUT2D eigenvalue weighted by atomic mass is 16.6. The van der Waals surface area contributed by atoms with Crippen molar-refractivity contribution in [2.24, 2.45) is 0 Å². The molecule has 2 saturated heterocycles. The van der Waals surface area contributed by atoms with Gasteiger partial charge in [0.05, 0.1) is 34.2 Å². The van der Waals surface area contributed by atoms with E-state index in [9.17, 15) is 9.59 Å². The number of amides is 2. The summed E-state index contributed by atoms with van der Waals surface area (Å²) in [5.74, 6) is 1.57. The second-order valence-corrected chi connectivity index (χ2v) is 13.4. The van der Waals surface area contributed by atoms with Crippen LogP contribution < -0.4 is 0 Å². The molecule has 2 aromatic heterocycles. The fraction of sp³-hybridized carbons (Fsp3) is 0.500. The summed E-state index contributed by atoms with van der Waals surface area (Å²) < 4.78 is 11.3. The molecule has 2 N–H and O–H groups in total. The Balaban J connectivity index is 1.24. The van der Waals surface area contributed by atoms with E-state index in [1.165, 1.54) is 0 Å². The summed E-state index contributed by atoms with van der Waals surface area (Å²) >= 11 is 0. The predicted molar refractivity (Wildman–Crippen MR) is 161 cm³/mol. The number of fused-ring (bicyclic) bond motifs is 2. The molecule has 6 rings (SSSR count). The van der Waals surface area contributed by atoms with Gasteiger partial charge in [-0.1, -0.05) is 12.1 Å². The predicted octanol–water partition coefficient (Wildman–Crippen LogP) is 7.25. The van der Waals surface area contributed by atoms with Crippen molar-refractivity contribution < 1.29 is 19.1 Å². The monoisotopic (exact) mass is 572 g/mol. The minimum Gasteiger partial charge on any atom is -0.444 e. The van der Waals surface area contributed by atoms with Crippen molar-refractivity contribution in [3.63, 3.8) is 0 Å². The molecule has 2 atom stereocenters. The van der Waals surface area contributed by atoms with Crippen LogP contribution in [-0.2, 0) is 9.47 Å². The highest BCUT2D eigenvalue weighted by Gasteiger charge is 2.36. The Hall–Kier alpha value is -4.08. The van der Waals surface area contributed by atoms with E-state index in [4.69, 9.17) is 19.4 Å². The van der Waals surface area contributed by atoms with Crippen LogP contribution in [0.1, 0.15) is 91.0 Å². The Kier molecular flexibility index (Phi) is 6.90. The average molecular weight is 573 g/mol. The van der Waals surface area contributed by atoms with E-state index in [-0.39, 0.29) is 24.3 Å². The van der Waals surface area contributed by atoms with Gasteiger partial charge in [0.15, 0.2) is 0 Å². The number of aromatic nitrogens is 4. The first-order chi connectivity index (χ1) is 19.8. The number of hydrogen-bond acceptors (Lipinski definition) is 6. The first-order valence-corrected chi connectivity index (χ1v) is 14.8. The zero-order chi connectivity index (χ0) is 29.8. The second kappa shape index (κ2) is 10.3. The zero-order valence-corrected chi connectivity index (χ0v) is 25.3. The Labute approximate surface area is 245 Å². The fourth-order valence-corrected chi connectivity index (χ4v) is 5.91. The fourth-order valence-electron chi connectivity index (χ4n) is 5.91. The van der Waals surface area contributed by atoms with E-state index in [0.29, 0.717) is 13.1 Å². The van der Waals surface area contributed by atoms with Crippen LogP contribution in [0.2, 0.25) is 0 Å².